The molecule has 0 unspecified atom stereocenters. The first-order chi connectivity index (χ1) is 11.9. The molecule has 24 heavy (non-hydrogen) atoms. The summed E-state index contributed by atoms with van der Waals surface area (Å²) in [6.07, 6.45) is 8.30. The Bertz CT molecular complexity index is 744. The molecule has 3 aromatic rings. The van der Waals surface area contributed by atoms with Crippen LogP contribution in [0.2, 0.25) is 6.32 Å². The maximum absolute atomic E-state index is 6.64. The van der Waals surface area contributed by atoms with E-state index in [9.17, 15) is 0 Å². The zero-order valence-electron chi connectivity index (χ0n) is 13.4. The topological polar surface area (TPSA) is 47.9 Å². The van der Waals surface area contributed by atoms with Gasteiger partial charge in [0, 0.05) is 24.2 Å². The summed E-state index contributed by atoms with van der Waals surface area (Å²) in [7, 11) is 0. The van der Waals surface area contributed by atoms with Gasteiger partial charge in [-0.15, -0.1) is 0 Å². The molecule has 4 heterocycles. The van der Waals surface area contributed by atoms with Crippen LogP contribution in [0.15, 0.2) is 73.2 Å². The molecule has 5 heteroatoms. The van der Waals surface area contributed by atoms with Crippen molar-refractivity contribution in [3.05, 3.63) is 84.6 Å². The number of aromatic nitrogens is 3. The normalized spacial score (nSPS) is 16.8. The molecule has 1 aliphatic rings. The van der Waals surface area contributed by atoms with Crippen LogP contribution >= 0.6 is 0 Å². The summed E-state index contributed by atoms with van der Waals surface area (Å²) in [5.74, 6) is 0. The van der Waals surface area contributed by atoms with E-state index in [0.29, 0.717) is 0 Å². The van der Waals surface area contributed by atoms with Gasteiger partial charge in [0.25, 0.3) is 0 Å². The fourth-order valence-corrected chi connectivity index (χ4v) is 3.38. The summed E-state index contributed by atoms with van der Waals surface area (Å²) in [4.78, 5) is 13.7. The van der Waals surface area contributed by atoms with Crippen molar-refractivity contribution in [2.75, 3.05) is 0 Å². The maximum atomic E-state index is 6.64. The van der Waals surface area contributed by atoms with Crippen LogP contribution in [0.5, 0.6) is 0 Å². The van der Waals surface area contributed by atoms with Crippen molar-refractivity contribution in [3.8, 4) is 0 Å². The predicted molar refractivity (Wildman–Crippen MR) is 94.0 cm³/mol. The number of hydrogen-bond acceptors (Lipinski definition) is 4. The van der Waals surface area contributed by atoms with Crippen LogP contribution in [0.3, 0.4) is 0 Å². The van der Waals surface area contributed by atoms with Gasteiger partial charge < -0.3 is 4.65 Å². The smallest absolute Gasteiger partial charge is 0.347 e. The Hall–Kier alpha value is -2.53. The molecule has 0 bridgehead atoms. The van der Waals surface area contributed by atoms with Crippen LogP contribution in [0, 0.1) is 0 Å². The lowest BCUT2D eigenvalue weighted by Crippen LogP contribution is -2.48. The van der Waals surface area contributed by atoms with Crippen LogP contribution in [0.4, 0.5) is 0 Å². The average Bonchev–Trinajstić information content (AvgIpc) is 2.70. The van der Waals surface area contributed by atoms with Gasteiger partial charge in [-0.05, 0) is 49.1 Å². The highest BCUT2D eigenvalue weighted by Crippen LogP contribution is 2.40. The van der Waals surface area contributed by atoms with Crippen LogP contribution in [-0.2, 0) is 10.3 Å². The van der Waals surface area contributed by atoms with Crippen molar-refractivity contribution in [1.29, 1.82) is 0 Å². The highest BCUT2D eigenvalue weighted by Gasteiger charge is 2.44. The molecule has 0 spiro atoms. The molecule has 0 aromatic carbocycles. The molecule has 0 N–H and O–H groups in total. The maximum Gasteiger partial charge on any atom is 0.347 e. The van der Waals surface area contributed by atoms with Crippen molar-refractivity contribution in [2.45, 2.75) is 24.8 Å². The van der Waals surface area contributed by atoms with Gasteiger partial charge in [0.05, 0.1) is 11.4 Å². The lowest BCUT2D eigenvalue weighted by atomic mass is 9.56. The monoisotopic (exact) mass is 315 g/mol. The molecule has 0 saturated carbocycles. The second-order valence-electron chi connectivity index (χ2n) is 6.01. The van der Waals surface area contributed by atoms with E-state index in [4.69, 9.17) is 4.65 Å². The largest absolute Gasteiger partial charge is 0.414 e. The van der Waals surface area contributed by atoms with Gasteiger partial charge >= 0.3 is 6.92 Å². The van der Waals surface area contributed by atoms with E-state index >= 15 is 0 Å². The number of rotatable bonds is 3. The molecule has 118 valence electrons. The van der Waals surface area contributed by atoms with Crippen LogP contribution in [-0.4, -0.2) is 21.9 Å². The Balaban J connectivity index is 1.79. The average molecular weight is 315 g/mol. The van der Waals surface area contributed by atoms with Gasteiger partial charge in [0.15, 0.2) is 0 Å². The van der Waals surface area contributed by atoms with Crippen molar-refractivity contribution in [3.63, 3.8) is 0 Å². The summed E-state index contributed by atoms with van der Waals surface area (Å²) >= 11 is 0. The molecular weight excluding hydrogens is 297 g/mol. The van der Waals surface area contributed by atoms with E-state index in [0.717, 1.165) is 36.1 Å². The van der Waals surface area contributed by atoms with E-state index < -0.39 is 5.60 Å². The van der Waals surface area contributed by atoms with E-state index in [-0.39, 0.29) is 6.92 Å². The fraction of sp³-hybridized carbons (Fsp3) is 0.211. The SMILES string of the molecule is c1ccc(B2CCCC(c3ccccn3)(c3ccccn3)O2)nc1. The van der Waals surface area contributed by atoms with E-state index in [1.54, 1.807) is 0 Å². The second kappa shape index (κ2) is 6.53. The third-order valence-corrected chi connectivity index (χ3v) is 4.51. The highest BCUT2D eigenvalue weighted by atomic mass is 16.5. The summed E-state index contributed by atoms with van der Waals surface area (Å²) < 4.78 is 6.64. The zero-order chi connectivity index (χ0) is 16.2. The first kappa shape index (κ1) is 15.0. The standard InChI is InChI=1S/C19H18BN3O/c1-4-13-21-16(8-1)19(17-9-2-5-14-22-17)11-7-12-20(24-19)18-10-3-6-15-23-18/h1-6,8-10,13-15H,7,11-12H2. The lowest BCUT2D eigenvalue weighted by molar-refractivity contribution is 0.0750. The molecule has 1 saturated heterocycles. The lowest BCUT2D eigenvalue weighted by Gasteiger charge is -2.39. The van der Waals surface area contributed by atoms with Crippen molar-refractivity contribution in [1.82, 2.24) is 15.0 Å². The Kier molecular flexibility index (Phi) is 4.09. The van der Waals surface area contributed by atoms with Gasteiger partial charge in [-0.2, -0.15) is 0 Å². The van der Waals surface area contributed by atoms with Gasteiger partial charge in [0.1, 0.15) is 5.60 Å². The van der Waals surface area contributed by atoms with Crippen LogP contribution < -0.4 is 5.59 Å². The molecule has 1 aliphatic heterocycles. The number of hydrogen-bond donors (Lipinski definition) is 0. The first-order valence-corrected chi connectivity index (χ1v) is 8.30. The predicted octanol–water partition coefficient (Wildman–Crippen LogP) is 2.82. The van der Waals surface area contributed by atoms with Crippen molar-refractivity contribution < 1.29 is 4.65 Å². The Morgan fingerprint density at radius 2 is 1.42 bits per heavy atom. The molecule has 0 amide bonds. The summed E-state index contributed by atoms with van der Waals surface area (Å²) in [6, 6.07) is 17.9. The third-order valence-electron chi connectivity index (χ3n) is 4.51. The number of nitrogens with zero attached hydrogens (tertiary/aromatic N) is 3. The van der Waals surface area contributed by atoms with Gasteiger partial charge in [-0.3, -0.25) is 15.0 Å². The molecule has 0 radical (unpaired) electrons. The minimum Gasteiger partial charge on any atom is -0.414 e. The Morgan fingerprint density at radius 3 is 1.96 bits per heavy atom. The van der Waals surface area contributed by atoms with Gasteiger partial charge in [-0.25, -0.2) is 0 Å². The van der Waals surface area contributed by atoms with E-state index in [2.05, 4.69) is 15.0 Å². The third kappa shape index (κ3) is 2.72. The van der Waals surface area contributed by atoms with Crippen molar-refractivity contribution in [2.24, 2.45) is 0 Å². The number of pyridine rings is 3. The summed E-state index contributed by atoms with van der Waals surface area (Å²) in [6.45, 7) is -0.0519. The molecule has 4 nitrogen and oxygen atoms in total. The quantitative estimate of drug-likeness (QED) is 0.697. The fourth-order valence-electron chi connectivity index (χ4n) is 3.38. The van der Waals surface area contributed by atoms with E-state index in [1.165, 1.54) is 0 Å². The van der Waals surface area contributed by atoms with Gasteiger partial charge in [-0.1, -0.05) is 24.6 Å². The molecule has 4 rings (SSSR count). The molecule has 1 fully saturated rings. The van der Waals surface area contributed by atoms with Crippen LogP contribution in [0.1, 0.15) is 24.2 Å². The highest BCUT2D eigenvalue weighted by molar-refractivity contribution is 6.66. The minimum absolute atomic E-state index is 0.0519. The van der Waals surface area contributed by atoms with E-state index in [1.807, 2.05) is 73.2 Å². The van der Waals surface area contributed by atoms with Crippen molar-refractivity contribution >= 4 is 12.5 Å². The molecule has 0 aliphatic carbocycles. The summed E-state index contributed by atoms with van der Waals surface area (Å²) in [5.41, 5.74) is 2.16. The minimum atomic E-state index is -0.622. The van der Waals surface area contributed by atoms with Crippen LogP contribution in [0.25, 0.3) is 0 Å². The molecular formula is C19H18BN3O. The Morgan fingerprint density at radius 1 is 0.792 bits per heavy atom. The molecule has 3 aromatic heterocycles. The second-order valence-corrected chi connectivity index (χ2v) is 6.01. The first-order valence-electron chi connectivity index (χ1n) is 8.30. The summed E-state index contributed by atoms with van der Waals surface area (Å²) in [5, 5.41) is 0. The zero-order valence-corrected chi connectivity index (χ0v) is 13.4. The Labute approximate surface area is 142 Å². The van der Waals surface area contributed by atoms with Gasteiger partial charge in [0.2, 0.25) is 0 Å². The molecule has 0 atom stereocenters.